The van der Waals surface area contributed by atoms with E-state index < -0.39 is 6.09 Å². The predicted molar refractivity (Wildman–Crippen MR) is 44.6 cm³/mol. The van der Waals surface area contributed by atoms with Crippen LogP contribution in [0.4, 0.5) is 10.5 Å². The highest BCUT2D eigenvalue weighted by Gasteiger charge is 2.01. The second-order valence-electron chi connectivity index (χ2n) is 2.08. The molecule has 6 nitrogen and oxygen atoms in total. The van der Waals surface area contributed by atoms with Crippen molar-refractivity contribution in [1.82, 2.24) is 9.97 Å². The molecule has 6 heteroatoms. The zero-order valence-corrected chi connectivity index (χ0v) is 7.27. The number of nitrogens with one attached hydrogen (secondary N) is 1. The maximum atomic E-state index is 10.7. The van der Waals surface area contributed by atoms with Gasteiger partial charge in [0.05, 0.1) is 32.3 Å². The van der Waals surface area contributed by atoms with Crippen LogP contribution in [-0.2, 0) is 4.74 Å². The van der Waals surface area contributed by atoms with Crippen LogP contribution in [0.1, 0.15) is 0 Å². The van der Waals surface area contributed by atoms with Gasteiger partial charge in [0.1, 0.15) is 0 Å². The van der Waals surface area contributed by atoms with Gasteiger partial charge in [-0.05, 0) is 0 Å². The number of amides is 1. The molecule has 1 amide bonds. The molecule has 0 saturated carbocycles. The van der Waals surface area contributed by atoms with Crippen LogP contribution >= 0.6 is 0 Å². The molecule has 1 rings (SSSR count). The zero-order valence-electron chi connectivity index (χ0n) is 7.27. The number of carbonyl (C=O) groups excluding carboxylic acids is 1. The molecular formula is C7H9N3O3. The van der Waals surface area contributed by atoms with Gasteiger partial charge in [0, 0.05) is 0 Å². The minimum Gasteiger partial charge on any atom is -0.467 e. The van der Waals surface area contributed by atoms with E-state index in [1.165, 1.54) is 26.6 Å². The second-order valence-corrected chi connectivity index (χ2v) is 2.08. The molecule has 1 aromatic rings. The Bertz CT molecular complexity index is 286. The fraction of sp³-hybridized carbons (Fsp3) is 0.286. The molecule has 70 valence electrons. The van der Waals surface area contributed by atoms with E-state index in [0.29, 0.717) is 5.69 Å². The number of rotatable bonds is 2. The molecule has 0 unspecified atom stereocenters. The van der Waals surface area contributed by atoms with E-state index >= 15 is 0 Å². The molecule has 0 fully saturated rings. The average molecular weight is 183 g/mol. The Hall–Kier alpha value is -1.85. The van der Waals surface area contributed by atoms with Crippen LogP contribution < -0.4 is 10.1 Å². The molecule has 0 aliphatic carbocycles. The van der Waals surface area contributed by atoms with Crippen LogP contribution in [0.5, 0.6) is 6.01 Å². The van der Waals surface area contributed by atoms with Crippen LogP contribution in [0, 0.1) is 0 Å². The van der Waals surface area contributed by atoms with Gasteiger partial charge in [0.2, 0.25) is 0 Å². The van der Waals surface area contributed by atoms with Gasteiger partial charge in [0.25, 0.3) is 0 Å². The fourth-order valence-electron chi connectivity index (χ4n) is 0.655. The first-order valence-corrected chi connectivity index (χ1v) is 3.47. The lowest BCUT2D eigenvalue weighted by atomic mass is 10.5. The van der Waals surface area contributed by atoms with Gasteiger partial charge >= 0.3 is 12.1 Å². The van der Waals surface area contributed by atoms with E-state index in [9.17, 15) is 4.79 Å². The molecule has 0 bridgehead atoms. The molecule has 13 heavy (non-hydrogen) atoms. The molecule has 0 radical (unpaired) electrons. The van der Waals surface area contributed by atoms with Crippen molar-refractivity contribution in [3.05, 3.63) is 12.4 Å². The number of hydrogen-bond acceptors (Lipinski definition) is 5. The first-order valence-electron chi connectivity index (χ1n) is 3.47. The Labute approximate surface area is 74.9 Å². The molecule has 0 aliphatic heterocycles. The number of anilines is 1. The fourth-order valence-corrected chi connectivity index (χ4v) is 0.655. The number of carbonyl (C=O) groups is 1. The summed E-state index contributed by atoms with van der Waals surface area (Å²) in [6.07, 6.45) is 2.28. The van der Waals surface area contributed by atoms with Crippen molar-refractivity contribution in [3.63, 3.8) is 0 Å². The number of aromatic nitrogens is 2. The third-order valence-corrected chi connectivity index (χ3v) is 1.24. The van der Waals surface area contributed by atoms with Crippen LogP contribution in [0.3, 0.4) is 0 Å². The first-order chi connectivity index (χ1) is 6.26. The topological polar surface area (TPSA) is 73.3 Å². The Balaban J connectivity index is 2.64. The van der Waals surface area contributed by atoms with Crippen molar-refractivity contribution < 1.29 is 14.3 Å². The summed E-state index contributed by atoms with van der Waals surface area (Å²) >= 11 is 0. The van der Waals surface area contributed by atoms with Gasteiger partial charge < -0.3 is 9.47 Å². The van der Waals surface area contributed by atoms with Crippen molar-refractivity contribution in [2.75, 3.05) is 19.5 Å². The Kier molecular flexibility index (Phi) is 3.02. The van der Waals surface area contributed by atoms with Crippen molar-refractivity contribution in [1.29, 1.82) is 0 Å². The Morgan fingerprint density at radius 2 is 2.00 bits per heavy atom. The summed E-state index contributed by atoms with van der Waals surface area (Å²) in [7, 11) is 2.74. The summed E-state index contributed by atoms with van der Waals surface area (Å²) < 4.78 is 9.11. The number of ether oxygens (including phenoxy) is 2. The third kappa shape index (κ3) is 2.58. The predicted octanol–water partition coefficient (Wildman–Crippen LogP) is 0.663. The lowest BCUT2D eigenvalue weighted by Crippen LogP contribution is -2.11. The minimum atomic E-state index is -0.561. The normalized spacial score (nSPS) is 9.08. The largest absolute Gasteiger partial charge is 0.467 e. The van der Waals surface area contributed by atoms with Crippen LogP contribution in [0.25, 0.3) is 0 Å². The summed E-state index contributed by atoms with van der Waals surface area (Å²) in [6, 6.07) is 0.246. The van der Waals surface area contributed by atoms with Crippen LogP contribution in [-0.4, -0.2) is 30.3 Å². The second kappa shape index (κ2) is 4.24. The smallest absolute Gasteiger partial charge is 0.411 e. The van der Waals surface area contributed by atoms with E-state index in [4.69, 9.17) is 4.74 Å². The molecule has 1 heterocycles. The van der Waals surface area contributed by atoms with E-state index in [1.807, 2.05) is 0 Å². The standard InChI is InChI=1S/C7H9N3O3/c1-12-6-8-3-5(4-9-6)10-7(11)13-2/h3-4H,1-2H3,(H,10,11). The van der Waals surface area contributed by atoms with Crippen molar-refractivity contribution in [3.8, 4) is 6.01 Å². The van der Waals surface area contributed by atoms with E-state index in [2.05, 4.69) is 20.0 Å². The monoisotopic (exact) mass is 183 g/mol. The maximum Gasteiger partial charge on any atom is 0.411 e. The van der Waals surface area contributed by atoms with E-state index in [1.54, 1.807) is 0 Å². The molecule has 0 spiro atoms. The number of nitrogens with zero attached hydrogens (tertiary/aromatic N) is 2. The van der Waals surface area contributed by atoms with Crippen molar-refractivity contribution >= 4 is 11.8 Å². The SMILES string of the molecule is COC(=O)Nc1cnc(OC)nc1. The summed E-state index contributed by atoms with van der Waals surface area (Å²) in [4.78, 5) is 18.3. The van der Waals surface area contributed by atoms with E-state index in [0.717, 1.165) is 0 Å². The quantitative estimate of drug-likeness (QED) is 0.729. The van der Waals surface area contributed by atoms with Gasteiger partial charge in [-0.25, -0.2) is 14.8 Å². The van der Waals surface area contributed by atoms with Gasteiger partial charge in [-0.3, -0.25) is 5.32 Å². The number of methoxy groups -OCH3 is 2. The van der Waals surface area contributed by atoms with Crippen LogP contribution in [0.15, 0.2) is 12.4 Å². The average Bonchev–Trinajstić information content (AvgIpc) is 2.19. The summed E-state index contributed by atoms with van der Waals surface area (Å²) in [5.41, 5.74) is 0.452. The van der Waals surface area contributed by atoms with Gasteiger partial charge in [-0.1, -0.05) is 0 Å². The molecule has 0 saturated heterocycles. The molecule has 0 atom stereocenters. The molecule has 0 aromatic carbocycles. The van der Waals surface area contributed by atoms with Gasteiger partial charge in [-0.15, -0.1) is 0 Å². The molecule has 0 aliphatic rings. The molecule has 1 aromatic heterocycles. The van der Waals surface area contributed by atoms with E-state index in [-0.39, 0.29) is 6.01 Å². The van der Waals surface area contributed by atoms with Gasteiger partial charge in [-0.2, -0.15) is 0 Å². The Morgan fingerprint density at radius 1 is 1.38 bits per heavy atom. The summed E-state index contributed by atoms with van der Waals surface area (Å²) in [5.74, 6) is 0. The third-order valence-electron chi connectivity index (χ3n) is 1.24. The lowest BCUT2D eigenvalue weighted by Gasteiger charge is -2.02. The first kappa shape index (κ1) is 9.24. The molecule has 1 N–H and O–H groups in total. The lowest BCUT2D eigenvalue weighted by molar-refractivity contribution is 0.187. The minimum absolute atomic E-state index is 0.246. The highest BCUT2D eigenvalue weighted by molar-refractivity contribution is 5.83. The highest BCUT2D eigenvalue weighted by atomic mass is 16.5. The van der Waals surface area contributed by atoms with Gasteiger partial charge in [0.15, 0.2) is 0 Å². The van der Waals surface area contributed by atoms with Crippen LogP contribution in [0.2, 0.25) is 0 Å². The highest BCUT2D eigenvalue weighted by Crippen LogP contribution is 2.06. The summed E-state index contributed by atoms with van der Waals surface area (Å²) in [6.45, 7) is 0. The Morgan fingerprint density at radius 3 is 2.46 bits per heavy atom. The summed E-state index contributed by atoms with van der Waals surface area (Å²) in [5, 5.41) is 2.40. The van der Waals surface area contributed by atoms with Crippen molar-refractivity contribution in [2.24, 2.45) is 0 Å². The van der Waals surface area contributed by atoms with Crippen molar-refractivity contribution in [2.45, 2.75) is 0 Å². The number of hydrogen-bond donors (Lipinski definition) is 1. The molecular weight excluding hydrogens is 174 g/mol. The zero-order chi connectivity index (χ0) is 9.68. The maximum absolute atomic E-state index is 10.7.